The monoisotopic (exact) mass is 245 g/mol. The lowest BCUT2D eigenvalue weighted by Crippen LogP contribution is -2.33. The molecule has 0 aromatic heterocycles. The van der Waals surface area contributed by atoms with E-state index >= 15 is 0 Å². The number of rotatable bonds is 5. The Balaban J connectivity index is 1.69. The van der Waals surface area contributed by atoms with Crippen LogP contribution in [0.2, 0.25) is 0 Å². The van der Waals surface area contributed by atoms with E-state index in [1.165, 1.54) is 25.7 Å². The first-order valence-electron chi connectivity index (χ1n) is 6.14. The maximum atomic E-state index is 11.9. The number of methoxy groups -OCH3 is 1. The van der Waals surface area contributed by atoms with Crippen molar-refractivity contribution < 1.29 is 9.53 Å². The first kappa shape index (κ1) is 12.2. The summed E-state index contributed by atoms with van der Waals surface area (Å²) < 4.78 is 4.92. The highest BCUT2D eigenvalue weighted by Gasteiger charge is 2.54. The number of alkyl halides is 1. The molecule has 2 aliphatic rings. The van der Waals surface area contributed by atoms with Crippen molar-refractivity contribution in [3.63, 3.8) is 0 Å². The molecule has 0 spiro atoms. The second-order valence-corrected chi connectivity index (χ2v) is 5.55. The molecule has 0 aliphatic heterocycles. The molecule has 3 atom stereocenters. The van der Waals surface area contributed by atoms with Crippen LogP contribution >= 0.6 is 11.6 Å². The van der Waals surface area contributed by atoms with Crippen molar-refractivity contribution in [3.8, 4) is 0 Å². The van der Waals surface area contributed by atoms with E-state index in [0.29, 0.717) is 25.0 Å². The van der Waals surface area contributed by atoms with Crippen molar-refractivity contribution in [3.05, 3.63) is 0 Å². The van der Waals surface area contributed by atoms with Gasteiger partial charge in [0.05, 0.1) is 12.0 Å². The van der Waals surface area contributed by atoms with Gasteiger partial charge in [0.1, 0.15) is 0 Å². The maximum Gasteiger partial charge on any atom is 0.223 e. The highest BCUT2D eigenvalue weighted by atomic mass is 35.5. The Bertz CT molecular complexity index is 247. The Morgan fingerprint density at radius 1 is 1.44 bits per heavy atom. The largest absolute Gasteiger partial charge is 0.383 e. The SMILES string of the molecule is COCC(Cl)CNC(=O)C1C2CCCCC21. The smallest absolute Gasteiger partial charge is 0.223 e. The van der Waals surface area contributed by atoms with Gasteiger partial charge in [0, 0.05) is 19.6 Å². The van der Waals surface area contributed by atoms with Gasteiger partial charge < -0.3 is 10.1 Å². The Morgan fingerprint density at radius 2 is 2.06 bits per heavy atom. The highest BCUT2D eigenvalue weighted by molar-refractivity contribution is 6.21. The summed E-state index contributed by atoms with van der Waals surface area (Å²) >= 11 is 5.96. The van der Waals surface area contributed by atoms with Crippen LogP contribution in [0.15, 0.2) is 0 Å². The molecule has 2 rings (SSSR count). The third-order valence-corrected chi connectivity index (χ3v) is 4.08. The van der Waals surface area contributed by atoms with Crippen molar-refractivity contribution >= 4 is 17.5 Å². The molecular weight excluding hydrogens is 226 g/mol. The molecule has 3 unspecified atom stereocenters. The third kappa shape index (κ3) is 2.69. The Hall–Kier alpha value is -0.280. The Kier molecular flexibility index (Phi) is 4.09. The van der Waals surface area contributed by atoms with E-state index in [-0.39, 0.29) is 17.2 Å². The molecule has 3 nitrogen and oxygen atoms in total. The van der Waals surface area contributed by atoms with E-state index in [2.05, 4.69) is 5.32 Å². The zero-order chi connectivity index (χ0) is 11.5. The topological polar surface area (TPSA) is 38.3 Å². The number of amides is 1. The summed E-state index contributed by atoms with van der Waals surface area (Å²) in [4.78, 5) is 11.9. The van der Waals surface area contributed by atoms with Crippen LogP contribution in [-0.2, 0) is 9.53 Å². The zero-order valence-corrected chi connectivity index (χ0v) is 10.5. The maximum absolute atomic E-state index is 11.9. The van der Waals surface area contributed by atoms with Crippen molar-refractivity contribution in [1.82, 2.24) is 5.32 Å². The van der Waals surface area contributed by atoms with Crippen molar-refractivity contribution in [1.29, 1.82) is 0 Å². The zero-order valence-electron chi connectivity index (χ0n) is 9.75. The van der Waals surface area contributed by atoms with Gasteiger partial charge >= 0.3 is 0 Å². The summed E-state index contributed by atoms with van der Waals surface area (Å²) in [5.74, 6) is 1.84. The number of carbonyl (C=O) groups is 1. The lowest BCUT2D eigenvalue weighted by atomic mass is 10.0. The van der Waals surface area contributed by atoms with Gasteiger partial charge in [-0.25, -0.2) is 0 Å². The molecular formula is C12H20ClNO2. The van der Waals surface area contributed by atoms with Crippen LogP contribution < -0.4 is 5.32 Å². The molecule has 0 aromatic rings. The lowest BCUT2D eigenvalue weighted by Gasteiger charge is -2.09. The van der Waals surface area contributed by atoms with Gasteiger partial charge in [-0.2, -0.15) is 0 Å². The van der Waals surface area contributed by atoms with E-state index in [1.54, 1.807) is 7.11 Å². The predicted molar refractivity (Wildman–Crippen MR) is 63.5 cm³/mol. The third-order valence-electron chi connectivity index (χ3n) is 3.80. The van der Waals surface area contributed by atoms with Crippen molar-refractivity contribution in [2.75, 3.05) is 20.3 Å². The van der Waals surface area contributed by atoms with Gasteiger partial charge in [-0.3, -0.25) is 4.79 Å². The summed E-state index contributed by atoms with van der Waals surface area (Å²) in [6.45, 7) is 1.00. The molecule has 0 aromatic carbocycles. The van der Waals surface area contributed by atoms with Crippen LogP contribution in [0, 0.1) is 17.8 Å². The lowest BCUT2D eigenvalue weighted by molar-refractivity contribution is -0.122. The Morgan fingerprint density at radius 3 is 2.62 bits per heavy atom. The quantitative estimate of drug-likeness (QED) is 0.750. The molecule has 2 aliphatic carbocycles. The van der Waals surface area contributed by atoms with E-state index in [4.69, 9.17) is 16.3 Å². The summed E-state index contributed by atoms with van der Waals surface area (Å²) in [6, 6.07) is 0. The molecule has 92 valence electrons. The van der Waals surface area contributed by atoms with E-state index in [1.807, 2.05) is 0 Å². The molecule has 2 saturated carbocycles. The van der Waals surface area contributed by atoms with Gasteiger partial charge in [0.25, 0.3) is 0 Å². The van der Waals surface area contributed by atoms with E-state index in [0.717, 1.165) is 0 Å². The van der Waals surface area contributed by atoms with Crippen LogP contribution in [0.5, 0.6) is 0 Å². The minimum absolute atomic E-state index is 0.116. The molecule has 1 N–H and O–H groups in total. The fourth-order valence-corrected chi connectivity index (χ4v) is 3.15. The Labute approximate surface area is 102 Å². The predicted octanol–water partition coefficient (Wildman–Crippen LogP) is 1.79. The molecule has 1 amide bonds. The van der Waals surface area contributed by atoms with Gasteiger partial charge in [0.2, 0.25) is 5.91 Å². The molecule has 16 heavy (non-hydrogen) atoms. The highest BCUT2D eigenvalue weighted by Crippen LogP contribution is 2.55. The minimum Gasteiger partial charge on any atom is -0.383 e. The standard InChI is InChI=1S/C12H20ClNO2/c1-16-7-8(13)6-14-12(15)11-9-4-2-3-5-10(9)11/h8-11H,2-7H2,1H3,(H,14,15). The molecule has 0 saturated heterocycles. The van der Waals surface area contributed by atoms with Crippen molar-refractivity contribution in [2.45, 2.75) is 31.1 Å². The van der Waals surface area contributed by atoms with Crippen LogP contribution in [0.25, 0.3) is 0 Å². The fraction of sp³-hybridized carbons (Fsp3) is 0.917. The van der Waals surface area contributed by atoms with Crippen LogP contribution in [-0.4, -0.2) is 31.5 Å². The number of fused-ring (bicyclic) bond motifs is 1. The van der Waals surface area contributed by atoms with Crippen LogP contribution in [0.3, 0.4) is 0 Å². The number of nitrogens with one attached hydrogen (secondary N) is 1. The van der Waals surface area contributed by atoms with E-state index < -0.39 is 0 Å². The summed E-state index contributed by atoms with van der Waals surface area (Å²) in [5, 5.41) is 2.82. The normalized spacial score (nSPS) is 34.0. The molecule has 0 heterocycles. The number of hydrogen-bond acceptors (Lipinski definition) is 2. The fourth-order valence-electron chi connectivity index (χ4n) is 2.95. The first-order valence-corrected chi connectivity index (χ1v) is 6.58. The number of ether oxygens (including phenoxy) is 1. The van der Waals surface area contributed by atoms with Gasteiger partial charge in [0.15, 0.2) is 0 Å². The summed E-state index contributed by atoms with van der Waals surface area (Å²) in [7, 11) is 1.62. The van der Waals surface area contributed by atoms with Crippen LogP contribution in [0.1, 0.15) is 25.7 Å². The molecule has 0 radical (unpaired) electrons. The number of hydrogen-bond donors (Lipinski definition) is 1. The van der Waals surface area contributed by atoms with Gasteiger partial charge in [-0.1, -0.05) is 12.8 Å². The second-order valence-electron chi connectivity index (χ2n) is 4.94. The van der Waals surface area contributed by atoms with Gasteiger partial charge in [-0.15, -0.1) is 11.6 Å². The number of carbonyl (C=O) groups excluding carboxylic acids is 1. The van der Waals surface area contributed by atoms with Crippen LogP contribution in [0.4, 0.5) is 0 Å². The minimum atomic E-state index is -0.116. The van der Waals surface area contributed by atoms with Gasteiger partial charge in [-0.05, 0) is 24.7 Å². The summed E-state index contributed by atoms with van der Waals surface area (Å²) in [5.41, 5.74) is 0. The summed E-state index contributed by atoms with van der Waals surface area (Å²) in [6.07, 6.45) is 5.08. The van der Waals surface area contributed by atoms with E-state index in [9.17, 15) is 4.79 Å². The molecule has 0 bridgehead atoms. The first-order chi connectivity index (χ1) is 7.74. The average Bonchev–Trinajstić information content (AvgIpc) is 3.00. The molecule has 2 fully saturated rings. The average molecular weight is 246 g/mol. The van der Waals surface area contributed by atoms with Crippen molar-refractivity contribution in [2.24, 2.45) is 17.8 Å². The second kappa shape index (κ2) is 5.37. The molecule has 4 heteroatoms. The number of halogens is 1.